The van der Waals surface area contributed by atoms with Gasteiger partial charge in [0.05, 0.1) is 0 Å². The van der Waals surface area contributed by atoms with Crippen LogP contribution in [-0.4, -0.2) is 18.6 Å². The molecule has 0 bridgehead atoms. The summed E-state index contributed by atoms with van der Waals surface area (Å²) in [5.74, 6) is 0.734. The third-order valence-corrected chi connectivity index (χ3v) is 3.08. The van der Waals surface area contributed by atoms with Crippen molar-refractivity contribution in [1.29, 1.82) is 0 Å². The summed E-state index contributed by atoms with van der Waals surface area (Å²) in [4.78, 5) is 11.9. The first kappa shape index (κ1) is 15.5. The van der Waals surface area contributed by atoms with E-state index in [0.717, 1.165) is 37.1 Å². The zero-order valence-electron chi connectivity index (χ0n) is 12.5. The molecule has 1 amide bonds. The maximum absolute atomic E-state index is 11.9. The topological polar surface area (TPSA) is 38.3 Å². The SMILES string of the molecule is CCCCCNC(=O)[C@H](C)Oc1ccc(C)cc1C. The van der Waals surface area contributed by atoms with Gasteiger partial charge in [-0.05, 0) is 38.8 Å². The van der Waals surface area contributed by atoms with Crippen molar-refractivity contribution in [1.82, 2.24) is 5.32 Å². The normalized spacial score (nSPS) is 12.0. The van der Waals surface area contributed by atoms with Crippen molar-refractivity contribution in [2.45, 2.75) is 53.1 Å². The Hall–Kier alpha value is -1.51. The highest BCUT2D eigenvalue weighted by atomic mass is 16.5. The third kappa shape index (κ3) is 5.33. The zero-order chi connectivity index (χ0) is 14.3. The van der Waals surface area contributed by atoms with Gasteiger partial charge in [-0.3, -0.25) is 4.79 Å². The lowest BCUT2D eigenvalue weighted by Crippen LogP contribution is -2.36. The molecule has 0 aromatic heterocycles. The molecule has 0 heterocycles. The summed E-state index contributed by atoms with van der Waals surface area (Å²) in [5.41, 5.74) is 2.26. The van der Waals surface area contributed by atoms with Crippen LogP contribution in [0.5, 0.6) is 5.75 Å². The molecular weight excluding hydrogens is 238 g/mol. The Kier molecular flexibility index (Phi) is 6.40. The molecule has 1 aromatic rings. The maximum atomic E-state index is 11.9. The molecular formula is C16H25NO2. The van der Waals surface area contributed by atoms with Gasteiger partial charge in [0.1, 0.15) is 5.75 Å². The van der Waals surface area contributed by atoms with E-state index in [9.17, 15) is 4.79 Å². The fourth-order valence-corrected chi connectivity index (χ4v) is 1.91. The molecule has 0 aliphatic heterocycles. The molecule has 3 heteroatoms. The van der Waals surface area contributed by atoms with Crippen molar-refractivity contribution in [2.75, 3.05) is 6.54 Å². The van der Waals surface area contributed by atoms with Crippen LogP contribution in [0.1, 0.15) is 44.2 Å². The molecule has 106 valence electrons. The molecule has 3 nitrogen and oxygen atoms in total. The number of nitrogens with one attached hydrogen (secondary N) is 1. The molecule has 1 N–H and O–H groups in total. The van der Waals surface area contributed by atoms with Crippen LogP contribution in [0.4, 0.5) is 0 Å². The van der Waals surface area contributed by atoms with E-state index in [4.69, 9.17) is 4.74 Å². The summed E-state index contributed by atoms with van der Waals surface area (Å²) < 4.78 is 5.71. The summed E-state index contributed by atoms with van der Waals surface area (Å²) in [6.07, 6.45) is 2.87. The summed E-state index contributed by atoms with van der Waals surface area (Å²) >= 11 is 0. The molecule has 0 saturated heterocycles. The van der Waals surface area contributed by atoms with E-state index in [1.807, 2.05) is 26.0 Å². The first-order valence-electron chi connectivity index (χ1n) is 7.06. The average molecular weight is 263 g/mol. The van der Waals surface area contributed by atoms with Crippen LogP contribution in [0.25, 0.3) is 0 Å². The highest BCUT2D eigenvalue weighted by Crippen LogP contribution is 2.19. The van der Waals surface area contributed by atoms with Gasteiger partial charge in [0, 0.05) is 6.54 Å². The molecule has 1 atom stereocenters. The van der Waals surface area contributed by atoms with Gasteiger partial charge in [0.15, 0.2) is 6.10 Å². The van der Waals surface area contributed by atoms with Crippen molar-refractivity contribution < 1.29 is 9.53 Å². The van der Waals surface area contributed by atoms with Gasteiger partial charge in [-0.15, -0.1) is 0 Å². The van der Waals surface area contributed by atoms with Crippen molar-refractivity contribution in [3.05, 3.63) is 29.3 Å². The van der Waals surface area contributed by atoms with Crippen molar-refractivity contribution in [3.63, 3.8) is 0 Å². The molecule has 1 aromatic carbocycles. The lowest BCUT2D eigenvalue weighted by Gasteiger charge is -2.16. The largest absolute Gasteiger partial charge is 0.481 e. The van der Waals surface area contributed by atoms with Gasteiger partial charge in [0.2, 0.25) is 0 Å². The predicted octanol–water partition coefficient (Wildman–Crippen LogP) is 3.38. The molecule has 1 rings (SSSR count). The van der Waals surface area contributed by atoms with Crippen LogP contribution in [0.3, 0.4) is 0 Å². The van der Waals surface area contributed by atoms with Gasteiger partial charge in [-0.25, -0.2) is 0 Å². The van der Waals surface area contributed by atoms with E-state index in [1.165, 1.54) is 5.56 Å². The molecule has 0 saturated carbocycles. The summed E-state index contributed by atoms with van der Waals surface area (Å²) in [7, 11) is 0. The number of carbonyl (C=O) groups excluding carboxylic acids is 1. The van der Waals surface area contributed by atoms with Crippen LogP contribution in [0.2, 0.25) is 0 Å². The molecule has 0 aliphatic carbocycles. The second-order valence-corrected chi connectivity index (χ2v) is 5.03. The van der Waals surface area contributed by atoms with Gasteiger partial charge in [-0.1, -0.05) is 37.5 Å². The van der Waals surface area contributed by atoms with Gasteiger partial charge >= 0.3 is 0 Å². The number of unbranched alkanes of at least 4 members (excludes halogenated alkanes) is 2. The number of ether oxygens (including phenoxy) is 1. The molecule has 0 radical (unpaired) electrons. The monoisotopic (exact) mass is 263 g/mol. The average Bonchev–Trinajstić information content (AvgIpc) is 2.37. The van der Waals surface area contributed by atoms with Crippen LogP contribution in [0.15, 0.2) is 18.2 Å². The quantitative estimate of drug-likeness (QED) is 0.766. The Labute approximate surface area is 116 Å². The molecule has 0 aliphatic rings. The number of hydrogen-bond acceptors (Lipinski definition) is 2. The minimum Gasteiger partial charge on any atom is -0.481 e. The van der Waals surface area contributed by atoms with E-state index in [1.54, 1.807) is 6.92 Å². The van der Waals surface area contributed by atoms with E-state index < -0.39 is 6.10 Å². The molecule has 0 unspecified atom stereocenters. The summed E-state index contributed by atoms with van der Waals surface area (Å²) in [6, 6.07) is 5.97. The fraction of sp³-hybridized carbons (Fsp3) is 0.562. The van der Waals surface area contributed by atoms with Crippen molar-refractivity contribution in [2.24, 2.45) is 0 Å². The van der Waals surface area contributed by atoms with Crippen LogP contribution < -0.4 is 10.1 Å². The van der Waals surface area contributed by atoms with E-state index >= 15 is 0 Å². The van der Waals surface area contributed by atoms with Gasteiger partial charge in [0.25, 0.3) is 5.91 Å². The number of carbonyl (C=O) groups is 1. The first-order chi connectivity index (χ1) is 9.04. The fourth-order valence-electron chi connectivity index (χ4n) is 1.91. The third-order valence-electron chi connectivity index (χ3n) is 3.08. The zero-order valence-corrected chi connectivity index (χ0v) is 12.5. The lowest BCUT2D eigenvalue weighted by atomic mass is 10.1. The second kappa shape index (κ2) is 7.82. The highest BCUT2D eigenvalue weighted by Gasteiger charge is 2.14. The van der Waals surface area contributed by atoms with Crippen LogP contribution in [0, 0.1) is 13.8 Å². The Morgan fingerprint density at radius 2 is 2.05 bits per heavy atom. The van der Waals surface area contributed by atoms with E-state index in [-0.39, 0.29) is 5.91 Å². The van der Waals surface area contributed by atoms with E-state index in [2.05, 4.69) is 18.3 Å². The molecule has 0 fully saturated rings. The van der Waals surface area contributed by atoms with Gasteiger partial charge in [-0.2, -0.15) is 0 Å². The Morgan fingerprint density at radius 1 is 1.32 bits per heavy atom. The summed E-state index contributed by atoms with van der Waals surface area (Å²) in [6.45, 7) is 8.70. The Bertz CT molecular complexity index is 415. The smallest absolute Gasteiger partial charge is 0.260 e. The Balaban J connectivity index is 2.45. The number of amides is 1. The van der Waals surface area contributed by atoms with Crippen molar-refractivity contribution >= 4 is 5.91 Å². The molecule has 19 heavy (non-hydrogen) atoms. The number of benzene rings is 1. The first-order valence-corrected chi connectivity index (χ1v) is 7.06. The Morgan fingerprint density at radius 3 is 2.68 bits per heavy atom. The van der Waals surface area contributed by atoms with Crippen LogP contribution in [-0.2, 0) is 4.79 Å². The van der Waals surface area contributed by atoms with Crippen molar-refractivity contribution in [3.8, 4) is 5.75 Å². The predicted molar refractivity (Wildman–Crippen MR) is 78.5 cm³/mol. The molecule has 0 spiro atoms. The highest BCUT2D eigenvalue weighted by molar-refractivity contribution is 5.80. The second-order valence-electron chi connectivity index (χ2n) is 5.03. The summed E-state index contributed by atoms with van der Waals surface area (Å²) in [5, 5.41) is 2.90. The number of rotatable bonds is 7. The minimum atomic E-state index is -0.456. The number of hydrogen-bond donors (Lipinski definition) is 1. The van der Waals surface area contributed by atoms with Crippen LogP contribution >= 0.6 is 0 Å². The number of aryl methyl sites for hydroxylation is 2. The lowest BCUT2D eigenvalue weighted by molar-refractivity contribution is -0.127. The maximum Gasteiger partial charge on any atom is 0.260 e. The van der Waals surface area contributed by atoms with Gasteiger partial charge < -0.3 is 10.1 Å². The van der Waals surface area contributed by atoms with E-state index in [0.29, 0.717) is 0 Å². The minimum absolute atomic E-state index is 0.0453. The standard InChI is InChI=1S/C16H25NO2/c1-5-6-7-10-17-16(18)14(4)19-15-9-8-12(2)11-13(15)3/h8-9,11,14H,5-7,10H2,1-4H3,(H,17,18)/t14-/m0/s1.